The van der Waals surface area contributed by atoms with Crippen LogP contribution in [0.4, 0.5) is 0 Å². The van der Waals surface area contributed by atoms with E-state index in [1.807, 2.05) is 54.6 Å². The zero-order valence-corrected chi connectivity index (χ0v) is 9.85. The van der Waals surface area contributed by atoms with Crippen LogP contribution in [0.1, 0.15) is 22.8 Å². The van der Waals surface area contributed by atoms with Crippen molar-refractivity contribution < 1.29 is 5.11 Å². The van der Waals surface area contributed by atoms with E-state index in [-0.39, 0.29) is 0 Å². The van der Waals surface area contributed by atoms with Crippen LogP contribution in [-0.4, -0.2) is 5.11 Å². The number of fused-ring (bicyclic) bond motifs is 1. The summed E-state index contributed by atoms with van der Waals surface area (Å²) in [4.78, 5) is 0. The van der Waals surface area contributed by atoms with Gasteiger partial charge in [-0.15, -0.1) is 0 Å². The topological polar surface area (TPSA) is 20.2 Å². The highest BCUT2D eigenvalue weighted by atomic mass is 35.5. The Kier molecular flexibility index (Phi) is 2.50. The molecule has 1 aliphatic rings. The highest BCUT2D eigenvalue weighted by Crippen LogP contribution is 2.45. The van der Waals surface area contributed by atoms with Gasteiger partial charge in [0.05, 0.1) is 5.03 Å². The molecule has 0 saturated carbocycles. The third kappa shape index (κ3) is 1.59. The van der Waals surface area contributed by atoms with E-state index >= 15 is 0 Å². The molecule has 1 nitrogen and oxygen atoms in total. The predicted octanol–water partition coefficient (Wildman–Crippen LogP) is 3.73. The molecule has 0 heterocycles. The lowest BCUT2D eigenvalue weighted by molar-refractivity contribution is 0.227. The van der Waals surface area contributed by atoms with Crippen LogP contribution in [-0.2, 0) is 0 Å². The molecule has 2 aromatic rings. The molecule has 2 heteroatoms. The summed E-state index contributed by atoms with van der Waals surface area (Å²) >= 11 is 6.26. The largest absolute Gasteiger partial charge is 0.383 e. The van der Waals surface area contributed by atoms with Crippen molar-refractivity contribution in [3.05, 3.63) is 76.3 Å². The zero-order chi connectivity index (χ0) is 11.8. The molecule has 1 aliphatic carbocycles. The summed E-state index contributed by atoms with van der Waals surface area (Å²) in [5.74, 6) is 0. The maximum Gasteiger partial charge on any atom is 0.116 e. The Balaban J connectivity index is 2.23. The number of aliphatic hydroxyl groups is 1. The summed E-state index contributed by atoms with van der Waals surface area (Å²) in [6.45, 7) is 0. The first-order chi connectivity index (χ1) is 8.29. The molecule has 1 N–H and O–H groups in total. The van der Waals surface area contributed by atoms with Crippen molar-refractivity contribution in [2.45, 2.75) is 6.10 Å². The third-order valence-corrected chi connectivity index (χ3v) is 3.46. The number of benzene rings is 2. The zero-order valence-electron chi connectivity index (χ0n) is 9.10. The fraction of sp³-hybridized carbons (Fsp3) is 0.0667. The van der Waals surface area contributed by atoms with Crippen LogP contribution >= 0.6 is 11.6 Å². The standard InChI is InChI=1S/C15H11ClO/c16-14-13(10-6-2-1-3-7-10)11-8-4-5-9-12(11)15(14)17/h1-9,15,17H. The minimum Gasteiger partial charge on any atom is -0.383 e. The van der Waals surface area contributed by atoms with E-state index in [2.05, 4.69) is 0 Å². The number of hydrogen-bond acceptors (Lipinski definition) is 1. The van der Waals surface area contributed by atoms with Gasteiger partial charge in [-0.2, -0.15) is 0 Å². The second kappa shape index (κ2) is 4.02. The summed E-state index contributed by atoms with van der Waals surface area (Å²) in [6, 6.07) is 17.7. The van der Waals surface area contributed by atoms with Gasteiger partial charge in [-0.05, 0) is 16.7 Å². The van der Waals surface area contributed by atoms with Crippen molar-refractivity contribution >= 4 is 17.2 Å². The van der Waals surface area contributed by atoms with Gasteiger partial charge in [0.25, 0.3) is 0 Å². The summed E-state index contributed by atoms with van der Waals surface area (Å²) in [6.07, 6.45) is -0.692. The van der Waals surface area contributed by atoms with Crippen LogP contribution in [0, 0.1) is 0 Å². The Labute approximate surface area is 105 Å². The first-order valence-corrected chi connectivity index (χ1v) is 5.89. The highest BCUT2D eigenvalue weighted by molar-refractivity contribution is 6.35. The van der Waals surface area contributed by atoms with Gasteiger partial charge in [-0.1, -0.05) is 66.2 Å². The molecule has 0 radical (unpaired) electrons. The van der Waals surface area contributed by atoms with Gasteiger partial charge in [0.15, 0.2) is 0 Å². The van der Waals surface area contributed by atoms with Gasteiger partial charge in [-0.3, -0.25) is 0 Å². The average molecular weight is 243 g/mol. The number of rotatable bonds is 1. The van der Waals surface area contributed by atoms with Crippen molar-refractivity contribution in [3.63, 3.8) is 0 Å². The lowest BCUT2D eigenvalue weighted by atomic mass is 9.99. The molecule has 1 atom stereocenters. The van der Waals surface area contributed by atoms with E-state index in [9.17, 15) is 5.11 Å². The molecule has 0 saturated heterocycles. The van der Waals surface area contributed by atoms with E-state index in [0.29, 0.717) is 5.03 Å². The first-order valence-electron chi connectivity index (χ1n) is 5.51. The Morgan fingerprint density at radius 1 is 0.882 bits per heavy atom. The lowest BCUT2D eigenvalue weighted by Gasteiger charge is -2.05. The molecule has 17 heavy (non-hydrogen) atoms. The van der Waals surface area contributed by atoms with Crippen molar-refractivity contribution in [2.24, 2.45) is 0 Å². The summed E-state index contributed by atoms with van der Waals surface area (Å²) in [5, 5.41) is 10.6. The van der Waals surface area contributed by atoms with Crippen LogP contribution in [0.2, 0.25) is 0 Å². The van der Waals surface area contributed by atoms with Crippen molar-refractivity contribution in [1.82, 2.24) is 0 Å². The monoisotopic (exact) mass is 242 g/mol. The molecular weight excluding hydrogens is 232 g/mol. The maximum absolute atomic E-state index is 10.1. The van der Waals surface area contributed by atoms with E-state index in [1.54, 1.807) is 0 Å². The van der Waals surface area contributed by atoms with Crippen LogP contribution in [0.5, 0.6) is 0 Å². The molecule has 0 aromatic heterocycles. The SMILES string of the molecule is OC1C(Cl)=C(c2ccccc2)c2ccccc21. The number of hydrogen-bond donors (Lipinski definition) is 1. The molecule has 0 amide bonds. The Morgan fingerprint density at radius 2 is 1.53 bits per heavy atom. The molecule has 0 aliphatic heterocycles. The molecule has 0 spiro atoms. The second-order valence-corrected chi connectivity index (χ2v) is 4.49. The van der Waals surface area contributed by atoms with Gasteiger partial charge in [0, 0.05) is 5.57 Å². The van der Waals surface area contributed by atoms with Crippen LogP contribution in [0.15, 0.2) is 59.6 Å². The molecule has 0 bridgehead atoms. The molecule has 84 valence electrons. The van der Waals surface area contributed by atoms with E-state index in [4.69, 9.17) is 11.6 Å². The quantitative estimate of drug-likeness (QED) is 0.808. The van der Waals surface area contributed by atoms with Crippen molar-refractivity contribution in [2.75, 3.05) is 0 Å². The fourth-order valence-electron chi connectivity index (χ4n) is 2.26. The first kappa shape index (κ1) is 10.6. The number of halogens is 1. The lowest BCUT2D eigenvalue weighted by Crippen LogP contribution is -1.91. The summed E-state index contributed by atoms with van der Waals surface area (Å²) in [7, 11) is 0. The molecule has 1 unspecified atom stereocenters. The van der Waals surface area contributed by atoms with Gasteiger partial charge < -0.3 is 5.11 Å². The Bertz CT molecular complexity index is 587. The molecular formula is C15H11ClO. The Hall–Kier alpha value is -1.57. The summed E-state index contributed by atoms with van der Waals surface area (Å²) in [5.41, 5.74) is 3.89. The van der Waals surface area contributed by atoms with E-state index in [1.165, 1.54) is 0 Å². The Morgan fingerprint density at radius 3 is 2.29 bits per heavy atom. The van der Waals surface area contributed by atoms with E-state index in [0.717, 1.165) is 22.3 Å². The third-order valence-electron chi connectivity index (χ3n) is 3.07. The molecule has 0 fully saturated rings. The van der Waals surface area contributed by atoms with Crippen LogP contribution < -0.4 is 0 Å². The smallest absolute Gasteiger partial charge is 0.116 e. The van der Waals surface area contributed by atoms with Gasteiger partial charge in [0.1, 0.15) is 6.10 Å². The fourth-order valence-corrected chi connectivity index (χ4v) is 2.59. The summed E-state index contributed by atoms with van der Waals surface area (Å²) < 4.78 is 0. The average Bonchev–Trinajstić information content (AvgIpc) is 2.64. The number of aliphatic hydroxyl groups excluding tert-OH is 1. The predicted molar refractivity (Wildman–Crippen MR) is 69.7 cm³/mol. The van der Waals surface area contributed by atoms with Crippen LogP contribution in [0.25, 0.3) is 5.57 Å². The second-order valence-electron chi connectivity index (χ2n) is 4.08. The normalized spacial score (nSPS) is 18.4. The minimum atomic E-state index is -0.692. The maximum atomic E-state index is 10.1. The van der Waals surface area contributed by atoms with Gasteiger partial charge in [0.2, 0.25) is 0 Å². The van der Waals surface area contributed by atoms with Crippen LogP contribution in [0.3, 0.4) is 0 Å². The highest BCUT2D eigenvalue weighted by Gasteiger charge is 2.28. The van der Waals surface area contributed by atoms with Crippen molar-refractivity contribution in [1.29, 1.82) is 0 Å². The minimum absolute atomic E-state index is 0.511. The van der Waals surface area contributed by atoms with E-state index < -0.39 is 6.10 Å². The molecule has 3 rings (SSSR count). The molecule has 2 aromatic carbocycles. The van der Waals surface area contributed by atoms with Gasteiger partial charge in [-0.25, -0.2) is 0 Å². The van der Waals surface area contributed by atoms with Gasteiger partial charge >= 0.3 is 0 Å². The van der Waals surface area contributed by atoms with Crippen molar-refractivity contribution in [3.8, 4) is 0 Å².